The standard InChI is InChI=1S/C30H19N5S/c31-28-22(18-10-4-1-5-11-18)16-21-17-23-27(32-29(21)33-28)25-24(19-12-6-2-7-13-19)26(34-35-30(25)36-23)20-14-8-3-9-15-20/h1-17H,(H2,31,32,33). The number of aromatic nitrogens is 4. The van der Waals surface area contributed by atoms with E-state index in [4.69, 9.17) is 15.7 Å². The van der Waals surface area contributed by atoms with Gasteiger partial charge < -0.3 is 5.73 Å². The van der Waals surface area contributed by atoms with Crippen molar-refractivity contribution in [2.45, 2.75) is 0 Å². The van der Waals surface area contributed by atoms with Crippen molar-refractivity contribution in [1.29, 1.82) is 0 Å². The second-order valence-electron chi connectivity index (χ2n) is 8.61. The van der Waals surface area contributed by atoms with Gasteiger partial charge in [-0.1, -0.05) is 91.0 Å². The molecule has 0 atom stereocenters. The van der Waals surface area contributed by atoms with E-state index in [1.165, 1.54) is 0 Å². The molecule has 36 heavy (non-hydrogen) atoms. The third kappa shape index (κ3) is 3.31. The molecule has 0 unspecified atom stereocenters. The molecule has 0 radical (unpaired) electrons. The molecule has 0 spiro atoms. The Balaban J connectivity index is 1.55. The van der Waals surface area contributed by atoms with Crippen LogP contribution in [0, 0.1) is 0 Å². The molecule has 3 aromatic carbocycles. The van der Waals surface area contributed by atoms with Crippen LogP contribution in [0.2, 0.25) is 0 Å². The zero-order valence-electron chi connectivity index (χ0n) is 19.1. The lowest BCUT2D eigenvalue weighted by Crippen LogP contribution is -1.97. The molecule has 6 heteroatoms. The monoisotopic (exact) mass is 481 g/mol. The molecule has 0 saturated carbocycles. The minimum atomic E-state index is 0.466. The molecular weight excluding hydrogens is 462 g/mol. The summed E-state index contributed by atoms with van der Waals surface area (Å²) in [5.41, 5.74) is 13.8. The van der Waals surface area contributed by atoms with Crippen LogP contribution in [-0.4, -0.2) is 20.2 Å². The van der Waals surface area contributed by atoms with Crippen LogP contribution in [0.1, 0.15) is 0 Å². The Morgan fingerprint density at radius 1 is 0.639 bits per heavy atom. The maximum atomic E-state index is 6.40. The number of nitrogen functional groups attached to an aromatic ring is 1. The van der Waals surface area contributed by atoms with E-state index in [0.29, 0.717) is 11.5 Å². The molecule has 170 valence electrons. The Bertz CT molecular complexity index is 1880. The van der Waals surface area contributed by atoms with Gasteiger partial charge in [0, 0.05) is 27.5 Å². The first kappa shape index (κ1) is 20.7. The molecule has 0 bridgehead atoms. The molecule has 0 amide bonds. The van der Waals surface area contributed by atoms with E-state index < -0.39 is 0 Å². The topological polar surface area (TPSA) is 77.6 Å². The van der Waals surface area contributed by atoms with E-state index in [2.05, 4.69) is 46.6 Å². The molecule has 0 aliphatic carbocycles. The number of hydrogen-bond donors (Lipinski definition) is 1. The summed E-state index contributed by atoms with van der Waals surface area (Å²) in [6.45, 7) is 0. The van der Waals surface area contributed by atoms with Gasteiger partial charge in [-0.05, 0) is 23.3 Å². The van der Waals surface area contributed by atoms with Gasteiger partial charge in [0.15, 0.2) is 5.65 Å². The lowest BCUT2D eigenvalue weighted by Gasteiger charge is -2.11. The van der Waals surface area contributed by atoms with Gasteiger partial charge in [0.05, 0.1) is 10.2 Å². The summed E-state index contributed by atoms with van der Waals surface area (Å²) in [6.07, 6.45) is 0. The van der Waals surface area contributed by atoms with Crippen LogP contribution in [0.15, 0.2) is 103 Å². The van der Waals surface area contributed by atoms with Crippen molar-refractivity contribution in [2.24, 2.45) is 0 Å². The number of fused-ring (bicyclic) bond motifs is 4. The molecule has 5 nitrogen and oxygen atoms in total. The summed E-state index contributed by atoms with van der Waals surface area (Å²) in [5, 5.41) is 11.3. The minimum absolute atomic E-state index is 0.466. The third-order valence-corrected chi connectivity index (χ3v) is 7.39. The van der Waals surface area contributed by atoms with E-state index >= 15 is 0 Å². The second kappa shape index (κ2) is 8.22. The van der Waals surface area contributed by atoms with Crippen LogP contribution in [0.3, 0.4) is 0 Å². The Kier molecular flexibility index (Phi) is 4.72. The van der Waals surface area contributed by atoms with Crippen molar-refractivity contribution in [3.63, 3.8) is 0 Å². The van der Waals surface area contributed by atoms with Gasteiger partial charge in [0.2, 0.25) is 0 Å². The molecular formula is C30H19N5S. The first-order valence-corrected chi connectivity index (χ1v) is 12.4. The van der Waals surface area contributed by atoms with Crippen LogP contribution in [0.25, 0.3) is 65.0 Å². The Morgan fingerprint density at radius 3 is 1.97 bits per heavy atom. The summed E-state index contributed by atoms with van der Waals surface area (Å²) in [6, 6.07) is 34.8. The van der Waals surface area contributed by atoms with Gasteiger partial charge >= 0.3 is 0 Å². The highest BCUT2D eigenvalue weighted by Crippen LogP contribution is 2.43. The van der Waals surface area contributed by atoms with E-state index in [1.54, 1.807) is 11.3 Å². The fraction of sp³-hybridized carbons (Fsp3) is 0. The summed E-state index contributed by atoms with van der Waals surface area (Å²) in [7, 11) is 0. The number of hydrogen-bond acceptors (Lipinski definition) is 6. The van der Waals surface area contributed by atoms with Crippen molar-refractivity contribution in [3.05, 3.63) is 103 Å². The van der Waals surface area contributed by atoms with Gasteiger partial charge in [0.1, 0.15) is 16.3 Å². The van der Waals surface area contributed by atoms with Gasteiger partial charge in [-0.25, -0.2) is 9.97 Å². The quantitative estimate of drug-likeness (QED) is 0.285. The highest BCUT2D eigenvalue weighted by Gasteiger charge is 2.20. The van der Waals surface area contributed by atoms with Crippen LogP contribution < -0.4 is 5.73 Å². The number of nitrogens with zero attached hydrogens (tertiary/aromatic N) is 4. The molecule has 0 fully saturated rings. The average Bonchev–Trinajstić information content (AvgIpc) is 3.30. The Morgan fingerprint density at radius 2 is 1.28 bits per heavy atom. The van der Waals surface area contributed by atoms with Gasteiger partial charge in [0.25, 0.3) is 0 Å². The average molecular weight is 482 g/mol. The lowest BCUT2D eigenvalue weighted by atomic mass is 9.97. The van der Waals surface area contributed by atoms with Crippen molar-refractivity contribution < 1.29 is 0 Å². The molecule has 0 aliphatic rings. The summed E-state index contributed by atoms with van der Waals surface area (Å²) >= 11 is 1.60. The fourth-order valence-corrected chi connectivity index (χ4v) is 5.73. The maximum absolute atomic E-state index is 6.40. The van der Waals surface area contributed by atoms with E-state index in [0.717, 1.165) is 59.3 Å². The molecule has 7 rings (SSSR count). The number of rotatable bonds is 3. The fourth-order valence-electron chi connectivity index (χ4n) is 4.71. The molecule has 0 aliphatic heterocycles. The predicted molar refractivity (Wildman–Crippen MR) is 149 cm³/mol. The Hall–Kier alpha value is -4.68. The van der Waals surface area contributed by atoms with Crippen molar-refractivity contribution in [3.8, 4) is 33.5 Å². The van der Waals surface area contributed by atoms with Gasteiger partial charge in [-0.15, -0.1) is 21.5 Å². The van der Waals surface area contributed by atoms with E-state index in [9.17, 15) is 0 Å². The van der Waals surface area contributed by atoms with Crippen LogP contribution in [0.4, 0.5) is 5.82 Å². The van der Waals surface area contributed by atoms with Crippen molar-refractivity contribution in [2.75, 3.05) is 5.73 Å². The first-order chi connectivity index (χ1) is 17.8. The highest BCUT2D eigenvalue weighted by molar-refractivity contribution is 7.25. The van der Waals surface area contributed by atoms with E-state index in [-0.39, 0.29) is 0 Å². The van der Waals surface area contributed by atoms with Crippen LogP contribution in [-0.2, 0) is 0 Å². The van der Waals surface area contributed by atoms with E-state index in [1.807, 2.05) is 66.7 Å². The zero-order valence-corrected chi connectivity index (χ0v) is 19.9. The molecule has 4 heterocycles. The number of benzene rings is 3. The largest absolute Gasteiger partial charge is 0.383 e. The normalized spacial score (nSPS) is 11.4. The summed E-state index contributed by atoms with van der Waals surface area (Å²) in [4.78, 5) is 10.6. The molecule has 2 N–H and O–H groups in total. The predicted octanol–water partition coefficient (Wildman–Crippen LogP) is 7.37. The first-order valence-electron chi connectivity index (χ1n) is 11.6. The molecule has 0 saturated heterocycles. The summed E-state index contributed by atoms with van der Waals surface area (Å²) < 4.78 is 1.04. The smallest absolute Gasteiger partial charge is 0.162 e. The SMILES string of the molecule is Nc1nc2nc3c(cc2cc1-c1ccccc1)sc1nnc(-c2ccccc2)c(-c2ccccc2)c13. The number of anilines is 1. The minimum Gasteiger partial charge on any atom is -0.383 e. The third-order valence-electron chi connectivity index (χ3n) is 6.38. The maximum Gasteiger partial charge on any atom is 0.162 e. The summed E-state index contributed by atoms with van der Waals surface area (Å²) in [5.74, 6) is 0.466. The van der Waals surface area contributed by atoms with Crippen LogP contribution >= 0.6 is 11.3 Å². The second-order valence-corrected chi connectivity index (χ2v) is 9.64. The number of nitrogens with two attached hydrogens (primary N) is 1. The molecule has 7 aromatic rings. The zero-order chi connectivity index (χ0) is 24.1. The van der Waals surface area contributed by atoms with Gasteiger partial charge in [-0.3, -0.25) is 0 Å². The van der Waals surface area contributed by atoms with Gasteiger partial charge in [-0.2, -0.15) is 0 Å². The lowest BCUT2D eigenvalue weighted by molar-refractivity contribution is 1.09. The highest BCUT2D eigenvalue weighted by atomic mass is 32.1. The number of thiophene rings is 1. The number of pyridine rings is 2. The van der Waals surface area contributed by atoms with Crippen molar-refractivity contribution >= 4 is 48.6 Å². The van der Waals surface area contributed by atoms with Crippen molar-refractivity contribution in [1.82, 2.24) is 20.2 Å². The van der Waals surface area contributed by atoms with Crippen LogP contribution in [0.5, 0.6) is 0 Å². The molecule has 4 aromatic heterocycles. The Labute approximate surface area is 210 Å².